The molecule has 0 radical (unpaired) electrons. The van der Waals surface area contributed by atoms with Gasteiger partial charge in [0.25, 0.3) is 0 Å². The maximum atomic E-state index is 12.4. The van der Waals surface area contributed by atoms with E-state index >= 15 is 0 Å². The summed E-state index contributed by atoms with van der Waals surface area (Å²) in [5.41, 5.74) is 3.49. The third-order valence-electron chi connectivity index (χ3n) is 7.48. The van der Waals surface area contributed by atoms with Crippen molar-refractivity contribution in [3.8, 4) is 11.5 Å². The molecule has 0 spiro atoms. The minimum atomic E-state index is -0.430. The molecule has 262 valence electrons. The van der Waals surface area contributed by atoms with Crippen LogP contribution in [0.4, 0.5) is 22.7 Å². The predicted molar refractivity (Wildman–Crippen MR) is 194 cm³/mol. The Bertz CT molecular complexity index is 1510. The lowest BCUT2D eigenvalue weighted by Gasteiger charge is -2.07. The molecule has 0 N–H and O–H groups in total. The largest absolute Gasteiger partial charge is 0.494 e. The predicted octanol–water partition coefficient (Wildman–Crippen LogP) is 11.4. The summed E-state index contributed by atoms with van der Waals surface area (Å²) in [5, 5.41) is 17.0. The number of carbonyl (C=O) groups is 2. The molecule has 0 aromatic heterocycles. The van der Waals surface area contributed by atoms with Gasteiger partial charge in [-0.25, -0.2) is 9.59 Å². The molecule has 0 fully saturated rings. The van der Waals surface area contributed by atoms with Crippen molar-refractivity contribution in [2.75, 3.05) is 26.4 Å². The molecule has 0 amide bonds. The van der Waals surface area contributed by atoms with Crippen molar-refractivity contribution in [3.63, 3.8) is 0 Å². The van der Waals surface area contributed by atoms with Crippen LogP contribution in [0.25, 0.3) is 0 Å². The number of esters is 2. The van der Waals surface area contributed by atoms with Crippen LogP contribution in [0.3, 0.4) is 0 Å². The van der Waals surface area contributed by atoms with E-state index in [0.717, 1.165) is 50.0 Å². The quantitative estimate of drug-likeness (QED) is 0.0491. The van der Waals surface area contributed by atoms with Gasteiger partial charge in [0, 0.05) is 0 Å². The molecular formula is C40H46N4O6. The Hall–Kier alpha value is -5.38. The normalized spacial score (nSPS) is 11.2. The number of azo groups is 2. The number of nitrogens with zero attached hydrogens (tertiary/aromatic N) is 4. The van der Waals surface area contributed by atoms with Gasteiger partial charge in [-0.1, -0.05) is 39.5 Å². The zero-order chi connectivity index (χ0) is 35.2. The molecule has 0 atom stereocenters. The lowest BCUT2D eigenvalue weighted by molar-refractivity contribution is 0.0432. The molecule has 0 aliphatic rings. The van der Waals surface area contributed by atoms with Gasteiger partial charge in [-0.15, -0.1) is 0 Å². The Morgan fingerprint density at radius 1 is 0.420 bits per heavy atom. The molecule has 0 saturated carbocycles. The summed E-state index contributed by atoms with van der Waals surface area (Å²) in [7, 11) is 0. The highest BCUT2D eigenvalue weighted by molar-refractivity contribution is 5.90. The number of benzene rings is 4. The zero-order valence-corrected chi connectivity index (χ0v) is 29.0. The second kappa shape index (κ2) is 21.6. The Balaban J connectivity index is 1.09. The highest BCUT2D eigenvalue weighted by Gasteiger charge is 2.09. The van der Waals surface area contributed by atoms with Crippen molar-refractivity contribution < 1.29 is 28.5 Å². The van der Waals surface area contributed by atoms with E-state index in [9.17, 15) is 9.59 Å². The third-order valence-corrected chi connectivity index (χ3v) is 7.48. The number of unbranched alkanes of at least 4 members (excludes halogenated alkanes) is 5. The Morgan fingerprint density at radius 2 is 0.720 bits per heavy atom. The smallest absolute Gasteiger partial charge is 0.338 e. The first-order valence-electron chi connectivity index (χ1n) is 17.4. The topological polar surface area (TPSA) is 121 Å². The van der Waals surface area contributed by atoms with E-state index in [1.807, 2.05) is 48.5 Å². The van der Waals surface area contributed by atoms with E-state index in [1.165, 1.54) is 0 Å². The summed E-state index contributed by atoms with van der Waals surface area (Å²) in [6.45, 7) is 6.17. The molecule has 0 aliphatic heterocycles. The molecule has 10 nitrogen and oxygen atoms in total. The standard InChI is InChI=1S/C40H46N4O6/c1-3-5-7-27-47-37-23-19-35(20-24-37)43-41-33-15-11-31(12-16-33)39(45)49-29-9-10-30-50-40(46)32-13-17-34(18-14-32)42-44-36-21-25-38(26-22-36)48-28-8-6-4-2/h11-26H,3-10,27-30H2,1-2H3. The van der Waals surface area contributed by atoms with Gasteiger partial charge in [-0.3, -0.25) is 0 Å². The van der Waals surface area contributed by atoms with Gasteiger partial charge in [0.1, 0.15) is 11.5 Å². The minimum absolute atomic E-state index is 0.213. The molecule has 50 heavy (non-hydrogen) atoms. The molecule has 4 aromatic rings. The van der Waals surface area contributed by atoms with Gasteiger partial charge in [0.05, 0.1) is 60.3 Å². The first-order valence-corrected chi connectivity index (χ1v) is 17.4. The molecule has 0 aliphatic carbocycles. The van der Waals surface area contributed by atoms with Crippen molar-refractivity contribution in [1.82, 2.24) is 0 Å². The molecule has 4 aromatic carbocycles. The van der Waals surface area contributed by atoms with Crippen molar-refractivity contribution in [3.05, 3.63) is 108 Å². The van der Waals surface area contributed by atoms with Crippen LogP contribution in [-0.2, 0) is 9.47 Å². The van der Waals surface area contributed by atoms with E-state index in [4.69, 9.17) is 18.9 Å². The first kappa shape index (κ1) is 37.4. The number of hydrogen-bond acceptors (Lipinski definition) is 10. The van der Waals surface area contributed by atoms with E-state index in [2.05, 4.69) is 34.3 Å². The van der Waals surface area contributed by atoms with Gasteiger partial charge in [-0.2, -0.15) is 20.5 Å². The molecule has 4 rings (SSSR count). The maximum Gasteiger partial charge on any atom is 0.338 e. The summed E-state index contributed by atoms with van der Waals surface area (Å²) in [6.07, 6.45) is 7.82. The molecule has 0 bridgehead atoms. The fraction of sp³-hybridized carbons (Fsp3) is 0.350. The van der Waals surface area contributed by atoms with Crippen LogP contribution in [0.2, 0.25) is 0 Å². The van der Waals surface area contributed by atoms with Crippen LogP contribution in [0, 0.1) is 0 Å². The van der Waals surface area contributed by atoms with Gasteiger partial charge in [-0.05, 0) is 123 Å². The summed E-state index contributed by atoms with van der Waals surface area (Å²) >= 11 is 0. The fourth-order valence-corrected chi connectivity index (χ4v) is 4.56. The summed E-state index contributed by atoms with van der Waals surface area (Å²) in [6, 6.07) is 28.4. The van der Waals surface area contributed by atoms with E-state index in [1.54, 1.807) is 48.5 Å². The summed E-state index contributed by atoms with van der Waals surface area (Å²) < 4.78 is 22.2. The molecular weight excluding hydrogens is 632 g/mol. The Labute approximate surface area is 294 Å². The van der Waals surface area contributed by atoms with Gasteiger partial charge in [0.2, 0.25) is 0 Å². The van der Waals surface area contributed by atoms with Crippen molar-refractivity contribution in [2.45, 2.75) is 65.2 Å². The minimum Gasteiger partial charge on any atom is -0.494 e. The van der Waals surface area contributed by atoms with E-state index in [0.29, 0.717) is 59.9 Å². The Morgan fingerprint density at radius 3 is 1.04 bits per heavy atom. The SMILES string of the molecule is CCCCCOc1ccc(N=Nc2ccc(C(=O)OCCCCOC(=O)c3ccc(N=Nc4ccc(OCCCCC)cc4)cc3)cc2)cc1. The maximum absolute atomic E-state index is 12.4. The average molecular weight is 679 g/mol. The second-order valence-corrected chi connectivity index (χ2v) is 11.6. The van der Waals surface area contributed by atoms with Crippen molar-refractivity contribution >= 4 is 34.7 Å². The second-order valence-electron chi connectivity index (χ2n) is 11.6. The molecule has 0 unspecified atom stereocenters. The number of rotatable bonds is 21. The van der Waals surface area contributed by atoms with E-state index < -0.39 is 11.9 Å². The third kappa shape index (κ3) is 13.6. The first-order chi connectivity index (χ1) is 24.5. The van der Waals surface area contributed by atoms with Gasteiger partial charge < -0.3 is 18.9 Å². The van der Waals surface area contributed by atoms with Crippen LogP contribution >= 0.6 is 0 Å². The monoisotopic (exact) mass is 678 g/mol. The average Bonchev–Trinajstić information content (AvgIpc) is 3.16. The lowest BCUT2D eigenvalue weighted by atomic mass is 10.2. The Kier molecular flexibility index (Phi) is 16.1. The van der Waals surface area contributed by atoms with Crippen molar-refractivity contribution in [2.24, 2.45) is 20.5 Å². The molecule has 0 saturated heterocycles. The number of ether oxygens (including phenoxy) is 4. The zero-order valence-electron chi connectivity index (χ0n) is 29.0. The number of hydrogen-bond donors (Lipinski definition) is 0. The van der Waals surface area contributed by atoms with Crippen LogP contribution in [0.1, 0.15) is 85.9 Å². The van der Waals surface area contributed by atoms with Crippen LogP contribution in [0.5, 0.6) is 11.5 Å². The van der Waals surface area contributed by atoms with E-state index in [-0.39, 0.29) is 13.2 Å². The van der Waals surface area contributed by atoms with Crippen LogP contribution in [0.15, 0.2) is 118 Å². The highest BCUT2D eigenvalue weighted by Crippen LogP contribution is 2.24. The van der Waals surface area contributed by atoms with Crippen molar-refractivity contribution in [1.29, 1.82) is 0 Å². The summed E-state index contributed by atoms with van der Waals surface area (Å²) in [5.74, 6) is 0.766. The fourth-order valence-electron chi connectivity index (χ4n) is 4.56. The summed E-state index contributed by atoms with van der Waals surface area (Å²) in [4.78, 5) is 24.9. The van der Waals surface area contributed by atoms with Gasteiger partial charge >= 0.3 is 11.9 Å². The molecule has 10 heteroatoms. The highest BCUT2D eigenvalue weighted by atomic mass is 16.5. The number of carbonyl (C=O) groups excluding carboxylic acids is 2. The van der Waals surface area contributed by atoms with Gasteiger partial charge in [0.15, 0.2) is 0 Å². The van der Waals surface area contributed by atoms with Crippen LogP contribution in [-0.4, -0.2) is 38.4 Å². The van der Waals surface area contributed by atoms with Crippen LogP contribution < -0.4 is 9.47 Å². The molecule has 0 heterocycles. The lowest BCUT2D eigenvalue weighted by Crippen LogP contribution is -2.09.